The number of rotatable bonds is 5. The lowest BCUT2D eigenvalue weighted by Gasteiger charge is -2.41. The van der Waals surface area contributed by atoms with Crippen LogP contribution in [0.2, 0.25) is 0 Å². The monoisotopic (exact) mass is 313 g/mol. The zero-order valence-corrected chi connectivity index (χ0v) is 12.2. The van der Waals surface area contributed by atoms with E-state index in [1.807, 2.05) is 6.92 Å². The van der Waals surface area contributed by atoms with E-state index in [1.54, 1.807) is 0 Å². The third-order valence-electron chi connectivity index (χ3n) is 3.73. The number of hydrogen-bond acceptors (Lipinski definition) is 3. The van der Waals surface area contributed by atoms with Gasteiger partial charge in [0, 0.05) is 10.5 Å². The van der Waals surface area contributed by atoms with Crippen molar-refractivity contribution in [3.05, 3.63) is 34.3 Å². The molecule has 0 radical (unpaired) electrons. The first-order valence-corrected chi connectivity index (χ1v) is 7.10. The van der Waals surface area contributed by atoms with Crippen LogP contribution in [0.25, 0.3) is 0 Å². The summed E-state index contributed by atoms with van der Waals surface area (Å²) in [5.74, 6) is 0.595. The van der Waals surface area contributed by atoms with Gasteiger partial charge in [-0.15, -0.1) is 0 Å². The van der Waals surface area contributed by atoms with E-state index in [1.165, 1.54) is 5.56 Å². The lowest BCUT2D eigenvalue weighted by atomic mass is 9.75. The summed E-state index contributed by atoms with van der Waals surface area (Å²) in [6.45, 7) is 1.77. The minimum atomic E-state index is -0.560. The molecule has 3 N–H and O–H groups in total. The van der Waals surface area contributed by atoms with Crippen molar-refractivity contribution in [2.75, 3.05) is 13.2 Å². The van der Waals surface area contributed by atoms with Crippen LogP contribution in [0.15, 0.2) is 28.7 Å². The van der Waals surface area contributed by atoms with E-state index >= 15 is 0 Å². The molecule has 1 aliphatic rings. The lowest BCUT2D eigenvalue weighted by Crippen LogP contribution is -2.56. The molecule has 0 heterocycles. The Bertz CT molecular complexity index is 383. The molecule has 1 fully saturated rings. The number of hydrogen-bond donors (Lipinski definition) is 3. The van der Waals surface area contributed by atoms with Crippen molar-refractivity contribution in [1.82, 2.24) is 5.32 Å². The van der Waals surface area contributed by atoms with Crippen LogP contribution >= 0.6 is 15.9 Å². The molecule has 2 rings (SSSR count). The molecular weight excluding hydrogens is 294 g/mol. The van der Waals surface area contributed by atoms with Gasteiger partial charge in [-0.05, 0) is 43.4 Å². The van der Waals surface area contributed by atoms with Crippen molar-refractivity contribution >= 4 is 15.9 Å². The van der Waals surface area contributed by atoms with E-state index in [4.69, 9.17) is 0 Å². The molecule has 0 aliphatic heterocycles. The summed E-state index contributed by atoms with van der Waals surface area (Å²) in [6.07, 6.45) is 2.13. The average molecular weight is 314 g/mol. The summed E-state index contributed by atoms with van der Waals surface area (Å²) in [5, 5.41) is 21.8. The van der Waals surface area contributed by atoms with Gasteiger partial charge in [-0.1, -0.05) is 28.1 Å². The SMILES string of the molecule is CC(CO)(CO)NC1CC(c2ccc(Br)cc2)C1. The maximum Gasteiger partial charge on any atom is 0.0633 e. The fourth-order valence-corrected chi connectivity index (χ4v) is 2.64. The Hall–Kier alpha value is -0.420. The molecule has 1 aliphatic carbocycles. The second kappa shape index (κ2) is 5.70. The molecule has 100 valence electrons. The Balaban J connectivity index is 1.85. The van der Waals surface area contributed by atoms with Gasteiger partial charge in [0.05, 0.1) is 18.8 Å². The predicted molar refractivity (Wildman–Crippen MR) is 75.6 cm³/mol. The first-order valence-electron chi connectivity index (χ1n) is 6.31. The molecule has 0 aromatic heterocycles. The molecule has 0 bridgehead atoms. The van der Waals surface area contributed by atoms with Crippen LogP contribution < -0.4 is 5.32 Å². The summed E-state index contributed by atoms with van der Waals surface area (Å²) in [5.41, 5.74) is 0.806. The second-order valence-electron chi connectivity index (χ2n) is 5.44. The number of aliphatic hydroxyl groups is 2. The molecule has 1 saturated carbocycles. The molecule has 1 aromatic carbocycles. The predicted octanol–water partition coefficient (Wildman–Crippen LogP) is 2.03. The first-order chi connectivity index (χ1) is 8.56. The molecule has 3 nitrogen and oxygen atoms in total. The van der Waals surface area contributed by atoms with Gasteiger partial charge in [0.1, 0.15) is 0 Å². The van der Waals surface area contributed by atoms with Gasteiger partial charge < -0.3 is 15.5 Å². The summed E-state index contributed by atoms with van der Waals surface area (Å²) < 4.78 is 1.10. The largest absolute Gasteiger partial charge is 0.394 e. The van der Waals surface area contributed by atoms with Gasteiger partial charge in [-0.2, -0.15) is 0 Å². The number of halogens is 1. The number of nitrogens with one attached hydrogen (secondary N) is 1. The number of benzene rings is 1. The molecule has 0 unspecified atom stereocenters. The Morgan fingerprint density at radius 3 is 2.28 bits per heavy atom. The fourth-order valence-electron chi connectivity index (χ4n) is 2.38. The molecule has 0 saturated heterocycles. The quantitative estimate of drug-likeness (QED) is 0.779. The normalized spacial score (nSPS) is 23.8. The Kier molecular flexibility index (Phi) is 4.43. The summed E-state index contributed by atoms with van der Waals surface area (Å²) in [4.78, 5) is 0. The Labute approximate surface area is 116 Å². The maximum absolute atomic E-state index is 9.24. The average Bonchev–Trinajstić information content (AvgIpc) is 2.34. The van der Waals surface area contributed by atoms with Gasteiger partial charge in [-0.3, -0.25) is 0 Å². The second-order valence-corrected chi connectivity index (χ2v) is 6.35. The highest BCUT2D eigenvalue weighted by Gasteiger charge is 2.35. The van der Waals surface area contributed by atoms with Gasteiger partial charge >= 0.3 is 0 Å². The third kappa shape index (κ3) is 3.12. The molecule has 1 aromatic rings. The highest BCUT2D eigenvalue weighted by Crippen LogP contribution is 2.37. The third-order valence-corrected chi connectivity index (χ3v) is 4.26. The van der Waals surface area contributed by atoms with Crippen LogP contribution in [0.5, 0.6) is 0 Å². The van der Waals surface area contributed by atoms with E-state index in [2.05, 4.69) is 45.5 Å². The van der Waals surface area contributed by atoms with E-state index in [-0.39, 0.29) is 13.2 Å². The summed E-state index contributed by atoms with van der Waals surface area (Å²) >= 11 is 3.44. The van der Waals surface area contributed by atoms with Gasteiger partial charge in [-0.25, -0.2) is 0 Å². The fraction of sp³-hybridized carbons (Fsp3) is 0.571. The molecule has 0 amide bonds. The zero-order chi connectivity index (χ0) is 13.2. The van der Waals surface area contributed by atoms with E-state index in [9.17, 15) is 10.2 Å². The van der Waals surface area contributed by atoms with Crippen LogP contribution in [0, 0.1) is 0 Å². The highest BCUT2D eigenvalue weighted by molar-refractivity contribution is 9.10. The van der Waals surface area contributed by atoms with E-state index < -0.39 is 5.54 Å². The van der Waals surface area contributed by atoms with Crippen LogP contribution in [0.3, 0.4) is 0 Å². The van der Waals surface area contributed by atoms with Crippen LogP contribution in [-0.2, 0) is 0 Å². The smallest absolute Gasteiger partial charge is 0.0633 e. The molecular formula is C14H20BrNO2. The van der Waals surface area contributed by atoms with Crippen molar-refractivity contribution in [1.29, 1.82) is 0 Å². The van der Waals surface area contributed by atoms with Crippen LogP contribution in [0.4, 0.5) is 0 Å². The highest BCUT2D eigenvalue weighted by atomic mass is 79.9. The van der Waals surface area contributed by atoms with Gasteiger partial charge in [0.2, 0.25) is 0 Å². The topological polar surface area (TPSA) is 52.5 Å². The minimum Gasteiger partial charge on any atom is -0.394 e. The lowest BCUT2D eigenvalue weighted by molar-refractivity contribution is 0.0780. The molecule has 4 heteroatoms. The van der Waals surface area contributed by atoms with Crippen LogP contribution in [0.1, 0.15) is 31.2 Å². The standard InChI is InChI=1S/C14H20BrNO2/c1-14(8-17,9-18)16-13-6-11(7-13)10-2-4-12(15)5-3-10/h2-5,11,13,16-18H,6-9H2,1H3. The van der Waals surface area contributed by atoms with E-state index in [0.29, 0.717) is 12.0 Å². The van der Waals surface area contributed by atoms with Gasteiger partial charge in [0.25, 0.3) is 0 Å². The van der Waals surface area contributed by atoms with Crippen molar-refractivity contribution in [2.24, 2.45) is 0 Å². The summed E-state index contributed by atoms with van der Waals surface area (Å²) in [6, 6.07) is 8.84. The van der Waals surface area contributed by atoms with Crippen molar-refractivity contribution in [3.63, 3.8) is 0 Å². The maximum atomic E-state index is 9.24. The Morgan fingerprint density at radius 1 is 1.22 bits per heavy atom. The van der Waals surface area contributed by atoms with Gasteiger partial charge in [0.15, 0.2) is 0 Å². The zero-order valence-electron chi connectivity index (χ0n) is 10.6. The van der Waals surface area contributed by atoms with Crippen LogP contribution in [-0.4, -0.2) is 35.0 Å². The number of aliphatic hydroxyl groups excluding tert-OH is 2. The van der Waals surface area contributed by atoms with Crippen molar-refractivity contribution < 1.29 is 10.2 Å². The van der Waals surface area contributed by atoms with Crippen molar-refractivity contribution in [3.8, 4) is 0 Å². The molecule has 18 heavy (non-hydrogen) atoms. The molecule has 0 spiro atoms. The van der Waals surface area contributed by atoms with Crippen molar-refractivity contribution in [2.45, 2.75) is 37.3 Å². The minimum absolute atomic E-state index is 0.0387. The summed E-state index contributed by atoms with van der Waals surface area (Å²) in [7, 11) is 0. The first kappa shape index (κ1) is 14.0. The Morgan fingerprint density at radius 2 is 1.78 bits per heavy atom. The molecule has 0 atom stereocenters. The van der Waals surface area contributed by atoms with E-state index in [0.717, 1.165) is 17.3 Å².